The Balaban J connectivity index is 1.60. The fourth-order valence-corrected chi connectivity index (χ4v) is 2.63. The Kier molecular flexibility index (Phi) is 3.78. The molecule has 0 atom stereocenters. The molecule has 4 nitrogen and oxygen atoms in total. The molecule has 0 unspecified atom stereocenters. The van der Waals surface area contributed by atoms with Crippen LogP contribution in [0.3, 0.4) is 0 Å². The minimum atomic E-state index is 1.05. The van der Waals surface area contributed by atoms with Gasteiger partial charge in [0.2, 0.25) is 11.9 Å². The van der Waals surface area contributed by atoms with E-state index in [1.54, 1.807) is 6.20 Å². The van der Waals surface area contributed by atoms with Gasteiger partial charge in [-0.25, -0.2) is 4.98 Å². The van der Waals surface area contributed by atoms with Gasteiger partial charge in [0, 0.05) is 48.7 Å². The molecule has 114 valence electrons. The lowest BCUT2D eigenvalue weighted by Gasteiger charge is -2.00. The molecule has 24 heavy (non-hydrogen) atoms. The first-order chi connectivity index (χ1) is 11.9. The Labute approximate surface area is 140 Å². The Morgan fingerprint density at radius 3 is 1.88 bits per heavy atom. The molecule has 0 aliphatic carbocycles. The Bertz CT molecular complexity index is 838. The predicted octanol–water partition coefficient (Wildman–Crippen LogP) is 2.12. The van der Waals surface area contributed by atoms with Crippen LogP contribution < -0.4 is 14.1 Å². The number of hydrogen-bond acceptors (Lipinski definition) is 1. The van der Waals surface area contributed by atoms with E-state index >= 15 is 0 Å². The summed E-state index contributed by atoms with van der Waals surface area (Å²) in [6.07, 6.45) is 15.8. The minimum Gasteiger partial charge on any atom is -0.258 e. The standard InChI is InChI=1S/C20H16N4/c1-3-19(15-21-9-1)23-11-5-17(6-12-23)18-7-13-24(14-8-18)20-4-2-10-22-16-20/h1-16H/q+2/p+1. The van der Waals surface area contributed by atoms with E-state index in [1.165, 1.54) is 11.1 Å². The van der Waals surface area contributed by atoms with Gasteiger partial charge in [-0.1, -0.05) is 0 Å². The number of pyridine rings is 4. The number of aromatic nitrogens is 4. The molecule has 4 aromatic heterocycles. The lowest BCUT2D eigenvalue weighted by molar-refractivity contribution is -0.601. The third-order valence-electron chi connectivity index (χ3n) is 3.92. The summed E-state index contributed by atoms with van der Waals surface area (Å²) in [5.41, 5.74) is 4.52. The summed E-state index contributed by atoms with van der Waals surface area (Å²) in [6, 6.07) is 16.5. The first kappa shape index (κ1) is 14.2. The number of H-pyrrole nitrogens is 1. The predicted molar refractivity (Wildman–Crippen MR) is 89.3 cm³/mol. The maximum atomic E-state index is 4.15. The van der Waals surface area contributed by atoms with E-state index in [4.69, 9.17) is 0 Å². The highest BCUT2D eigenvalue weighted by atomic mass is 15.0. The smallest absolute Gasteiger partial charge is 0.258 e. The highest BCUT2D eigenvalue weighted by Crippen LogP contribution is 2.16. The van der Waals surface area contributed by atoms with Gasteiger partial charge in [0.05, 0.1) is 6.20 Å². The van der Waals surface area contributed by atoms with E-state index in [9.17, 15) is 0 Å². The van der Waals surface area contributed by atoms with Gasteiger partial charge >= 0.3 is 0 Å². The summed E-state index contributed by atoms with van der Waals surface area (Å²) in [5, 5.41) is 0. The molecule has 4 aromatic rings. The molecule has 0 saturated carbocycles. The van der Waals surface area contributed by atoms with Gasteiger partial charge in [0.15, 0.2) is 31.0 Å². The first-order valence-electron chi connectivity index (χ1n) is 7.80. The van der Waals surface area contributed by atoms with Crippen LogP contribution in [0.5, 0.6) is 0 Å². The molecule has 0 bridgehead atoms. The molecule has 0 aromatic carbocycles. The zero-order valence-corrected chi connectivity index (χ0v) is 13.1. The maximum absolute atomic E-state index is 4.15. The average molecular weight is 313 g/mol. The van der Waals surface area contributed by atoms with Gasteiger partial charge in [-0.2, -0.15) is 9.13 Å². The van der Waals surface area contributed by atoms with Crippen LogP contribution in [0.2, 0.25) is 0 Å². The largest absolute Gasteiger partial charge is 0.274 e. The fourth-order valence-electron chi connectivity index (χ4n) is 2.63. The lowest BCUT2D eigenvalue weighted by atomic mass is 10.1. The van der Waals surface area contributed by atoms with Crippen molar-refractivity contribution in [2.75, 3.05) is 0 Å². The quantitative estimate of drug-likeness (QED) is 0.534. The van der Waals surface area contributed by atoms with Crippen molar-refractivity contribution in [2.45, 2.75) is 0 Å². The van der Waals surface area contributed by atoms with E-state index in [1.807, 2.05) is 36.8 Å². The molecule has 0 radical (unpaired) electrons. The van der Waals surface area contributed by atoms with Crippen LogP contribution in [0.25, 0.3) is 22.5 Å². The summed E-state index contributed by atoms with van der Waals surface area (Å²) in [4.78, 5) is 7.25. The summed E-state index contributed by atoms with van der Waals surface area (Å²) in [7, 11) is 0. The second kappa shape index (κ2) is 6.38. The van der Waals surface area contributed by atoms with Crippen molar-refractivity contribution >= 4 is 0 Å². The van der Waals surface area contributed by atoms with Crippen LogP contribution in [-0.2, 0) is 0 Å². The van der Waals surface area contributed by atoms with Crippen molar-refractivity contribution in [3.63, 3.8) is 0 Å². The number of aromatic amines is 1. The van der Waals surface area contributed by atoms with Gasteiger partial charge in [0.25, 0.3) is 5.69 Å². The molecular weight excluding hydrogens is 296 g/mol. The van der Waals surface area contributed by atoms with Crippen LogP contribution in [0.1, 0.15) is 0 Å². The Morgan fingerprint density at radius 2 is 1.33 bits per heavy atom. The topological polar surface area (TPSA) is 34.8 Å². The normalized spacial score (nSPS) is 10.5. The van der Waals surface area contributed by atoms with Crippen LogP contribution >= 0.6 is 0 Å². The highest BCUT2D eigenvalue weighted by Gasteiger charge is 2.10. The summed E-state index contributed by atoms with van der Waals surface area (Å²) < 4.78 is 4.14. The third-order valence-corrected chi connectivity index (χ3v) is 3.92. The molecule has 0 fully saturated rings. The van der Waals surface area contributed by atoms with Crippen LogP contribution in [0.15, 0.2) is 98.1 Å². The van der Waals surface area contributed by atoms with Gasteiger partial charge in [0.1, 0.15) is 0 Å². The molecule has 4 heteroatoms. The van der Waals surface area contributed by atoms with Crippen LogP contribution in [-0.4, -0.2) is 4.98 Å². The Morgan fingerprint density at radius 1 is 0.708 bits per heavy atom. The van der Waals surface area contributed by atoms with Gasteiger partial charge in [-0.15, -0.1) is 0 Å². The maximum Gasteiger partial charge on any atom is 0.274 e. The minimum absolute atomic E-state index is 1.05. The first-order valence-corrected chi connectivity index (χ1v) is 7.80. The number of rotatable bonds is 3. The number of nitrogens with zero attached hydrogens (tertiary/aromatic N) is 3. The van der Waals surface area contributed by atoms with Crippen molar-refractivity contribution in [2.24, 2.45) is 0 Å². The molecule has 0 saturated heterocycles. The second-order valence-electron chi connectivity index (χ2n) is 5.46. The van der Waals surface area contributed by atoms with Crippen molar-refractivity contribution in [1.82, 2.24) is 4.98 Å². The van der Waals surface area contributed by atoms with E-state index in [0.29, 0.717) is 0 Å². The monoisotopic (exact) mass is 313 g/mol. The van der Waals surface area contributed by atoms with Crippen molar-refractivity contribution < 1.29 is 14.1 Å². The Hall–Kier alpha value is -3.40. The summed E-state index contributed by atoms with van der Waals surface area (Å²) in [5.74, 6) is 0. The second-order valence-corrected chi connectivity index (χ2v) is 5.46. The van der Waals surface area contributed by atoms with Gasteiger partial charge in [-0.05, 0) is 17.2 Å². The molecule has 0 spiro atoms. The molecular formula is C20H17N4+3. The third kappa shape index (κ3) is 2.90. The fraction of sp³-hybridized carbons (Fsp3) is 0. The van der Waals surface area contributed by atoms with Crippen LogP contribution in [0.4, 0.5) is 0 Å². The van der Waals surface area contributed by atoms with E-state index in [-0.39, 0.29) is 0 Å². The average Bonchev–Trinajstić information content (AvgIpc) is 2.70. The lowest BCUT2D eigenvalue weighted by Crippen LogP contribution is -2.30. The van der Waals surface area contributed by atoms with E-state index in [0.717, 1.165) is 11.4 Å². The van der Waals surface area contributed by atoms with E-state index < -0.39 is 0 Å². The molecule has 4 rings (SSSR count). The van der Waals surface area contributed by atoms with Gasteiger partial charge < -0.3 is 0 Å². The van der Waals surface area contributed by atoms with Gasteiger partial charge in [-0.3, -0.25) is 4.98 Å². The highest BCUT2D eigenvalue weighted by molar-refractivity contribution is 5.61. The SMILES string of the molecule is c1cncc(-[n+]2ccc(-c3cc[n+](-c4ccc[nH+]c4)cc3)cc2)c1. The van der Waals surface area contributed by atoms with Crippen molar-refractivity contribution in [3.05, 3.63) is 98.1 Å². The molecule has 4 heterocycles. The van der Waals surface area contributed by atoms with Crippen LogP contribution in [0, 0.1) is 0 Å². The molecule has 0 aliphatic heterocycles. The summed E-state index contributed by atoms with van der Waals surface area (Å²) in [6.45, 7) is 0. The number of hydrogen-bond donors (Lipinski definition) is 0. The van der Waals surface area contributed by atoms with E-state index in [2.05, 4.69) is 74.2 Å². The summed E-state index contributed by atoms with van der Waals surface area (Å²) >= 11 is 0. The van der Waals surface area contributed by atoms with Crippen molar-refractivity contribution in [1.29, 1.82) is 0 Å². The zero-order chi connectivity index (χ0) is 16.2. The number of nitrogens with one attached hydrogen (secondary N) is 1. The van der Waals surface area contributed by atoms with Crippen molar-refractivity contribution in [3.8, 4) is 22.5 Å². The zero-order valence-electron chi connectivity index (χ0n) is 13.1. The molecule has 0 aliphatic rings. The molecule has 1 N–H and O–H groups in total. The molecule has 0 amide bonds.